The third-order valence-electron chi connectivity index (χ3n) is 4.51. The zero-order valence-corrected chi connectivity index (χ0v) is 16.4. The van der Waals surface area contributed by atoms with Gasteiger partial charge in [-0.2, -0.15) is 0 Å². The molecule has 0 atom stereocenters. The van der Waals surface area contributed by atoms with Crippen LogP contribution in [0.2, 0.25) is 0 Å². The summed E-state index contributed by atoms with van der Waals surface area (Å²) in [6.07, 6.45) is 0. The Morgan fingerprint density at radius 2 is 1.65 bits per heavy atom. The lowest BCUT2D eigenvalue weighted by molar-refractivity contribution is -0.660. The van der Waals surface area contributed by atoms with Gasteiger partial charge in [0.05, 0.1) is 23.4 Å². The molecule has 26 heavy (non-hydrogen) atoms. The number of azo groups is 1. The van der Waals surface area contributed by atoms with Gasteiger partial charge in [0.25, 0.3) is 0 Å². The van der Waals surface area contributed by atoms with Gasteiger partial charge in [-0.15, -0.1) is 0 Å². The summed E-state index contributed by atoms with van der Waals surface area (Å²) in [4.78, 5) is 0. The predicted molar refractivity (Wildman–Crippen MR) is 103 cm³/mol. The molecule has 2 aromatic carbocycles. The zero-order chi connectivity index (χ0) is 17.4. The van der Waals surface area contributed by atoms with E-state index in [2.05, 4.69) is 81.2 Å². The molecule has 0 amide bonds. The van der Waals surface area contributed by atoms with Crippen LogP contribution in [0.4, 0.5) is 10.8 Å². The number of rotatable bonds is 3. The fourth-order valence-electron chi connectivity index (χ4n) is 3.03. The highest BCUT2D eigenvalue weighted by atomic mass is 35.5. The summed E-state index contributed by atoms with van der Waals surface area (Å²) in [5.74, 6) is 0. The summed E-state index contributed by atoms with van der Waals surface area (Å²) in [5.41, 5.74) is 5.47. The summed E-state index contributed by atoms with van der Waals surface area (Å²) in [5, 5.41) is 13.3. The van der Waals surface area contributed by atoms with Crippen LogP contribution in [0, 0.1) is 6.92 Å². The zero-order valence-electron chi connectivity index (χ0n) is 14.8. The van der Waals surface area contributed by atoms with E-state index in [1.807, 2.05) is 19.2 Å². The van der Waals surface area contributed by atoms with E-state index in [1.54, 1.807) is 11.3 Å². The van der Waals surface area contributed by atoms with E-state index in [-0.39, 0.29) is 12.4 Å². The maximum atomic E-state index is 4.67. The maximum Gasteiger partial charge on any atom is 0.408 e. The van der Waals surface area contributed by atoms with Gasteiger partial charge < -0.3 is 17.0 Å². The van der Waals surface area contributed by atoms with Crippen LogP contribution in [-0.2, 0) is 14.1 Å². The van der Waals surface area contributed by atoms with E-state index in [0.29, 0.717) is 0 Å². The Kier molecular flexibility index (Phi) is 5.20. The maximum absolute atomic E-state index is 4.67. The quantitative estimate of drug-likeness (QED) is 0.385. The van der Waals surface area contributed by atoms with Crippen LogP contribution >= 0.6 is 11.3 Å². The number of hydrogen-bond acceptors (Lipinski definition) is 3. The molecule has 4 nitrogen and oxygen atoms in total. The summed E-state index contributed by atoms with van der Waals surface area (Å²) in [6, 6.07) is 18.7. The van der Waals surface area contributed by atoms with Crippen LogP contribution in [0.1, 0.15) is 5.69 Å². The summed E-state index contributed by atoms with van der Waals surface area (Å²) < 4.78 is 4.25. The Labute approximate surface area is 162 Å². The van der Waals surface area contributed by atoms with Crippen LogP contribution in [0.25, 0.3) is 22.2 Å². The number of benzene rings is 2. The number of aryl methyl sites for hydroxylation is 2. The largest absolute Gasteiger partial charge is 1.00 e. The Bertz CT molecular complexity index is 1080. The van der Waals surface area contributed by atoms with E-state index in [0.717, 1.165) is 33.0 Å². The molecule has 132 valence electrons. The van der Waals surface area contributed by atoms with Crippen LogP contribution in [-0.4, -0.2) is 4.57 Å². The molecule has 0 N–H and O–H groups in total. The molecule has 2 heterocycles. The Balaban J connectivity index is 0.00000196. The minimum absolute atomic E-state index is 0. The van der Waals surface area contributed by atoms with Gasteiger partial charge in [0, 0.05) is 23.4 Å². The Hall–Kier alpha value is -2.50. The van der Waals surface area contributed by atoms with E-state index in [4.69, 9.17) is 0 Å². The number of thiazole rings is 1. The number of aromatic nitrogens is 2. The molecule has 0 unspecified atom stereocenters. The van der Waals surface area contributed by atoms with Gasteiger partial charge in [-0.3, -0.25) is 0 Å². The standard InChI is InChI=1S/C20H19N4S.ClH/c1-14-13-25-20(23(14)2)22-21-18-16-11-7-8-12-17(16)24(3)19(18)15-9-5-4-6-10-15;/h4-13H,1-3H3;1H/q+1;/p-1. The van der Waals surface area contributed by atoms with Crippen molar-refractivity contribution in [3.63, 3.8) is 0 Å². The topological polar surface area (TPSA) is 33.5 Å². The first-order valence-corrected chi connectivity index (χ1v) is 9.03. The van der Waals surface area contributed by atoms with E-state index >= 15 is 0 Å². The summed E-state index contributed by atoms with van der Waals surface area (Å²) >= 11 is 1.61. The highest BCUT2D eigenvalue weighted by Gasteiger charge is 2.19. The van der Waals surface area contributed by atoms with Crippen LogP contribution < -0.4 is 17.0 Å². The molecular weight excluding hydrogens is 364 g/mol. The van der Waals surface area contributed by atoms with Crippen molar-refractivity contribution in [2.75, 3.05) is 0 Å². The average Bonchev–Trinajstić information content (AvgIpc) is 3.12. The molecule has 0 aliphatic rings. The van der Waals surface area contributed by atoms with Gasteiger partial charge in [-0.25, -0.2) is 4.57 Å². The lowest BCUT2D eigenvalue weighted by Gasteiger charge is -2.04. The van der Waals surface area contributed by atoms with Gasteiger partial charge >= 0.3 is 5.13 Å². The second kappa shape index (κ2) is 7.40. The molecule has 0 bridgehead atoms. The van der Waals surface area contributed by atoms with Crippen molar-refractivity contribution < 1.29 is 17.0 Å². The molecular formula is C20H19ClN4S. The van der Waals surface area contributed by atoms with Crippen molar-refractivity contribution >= 4 is 33.1 Å². The van der Waals surface area contributed by atoms with Crippen LogP contribution in [0.15, 0.2) is 70.2 Å². The highest BCUT2D eigenvalue weighted by molar-refractivity contribution is 7.12. The first kappa shape index (κ1) is 18.3. The first-order valence-electron chi connectivity index (χ1n) is 8.15. The van der Waals surface area contributed by atoms with Gasteiger partial charge in [-0.05, 0) is 29.4 Å². The van der Waals surface area contributed by atoms with Crippen molar-refractivity contribution in [2.24, 2.45) is 24.3 Å². The smallest absolute Gasteiger partial charge is 0.408 e. The molecule has 0 fully saturated rings. The first-order chi connectivity index (χ1) is 12.2. The fourth-order valence-corrected chi connectivity index (χ4v) is 3.86. The normalized spacial score (nSPS) is 11.2. The molecule has 2 aromatic heterocycles. The number of halogens is 1. The minimum Gasteiger partial charge on any atom is -1.00 e. The fraction of sp³-hybridized carbons (Fsp3) is 0.150. The Morgan fingerprint density at radius 3 is 2.35 bits per heavy atom. The third kappa shape index (κ3) is 3.04. The lowest BCUT2D eigenvalue weighted by Crippen LogP contribution is -3.00. The second-order valence-corrected chi connectivity index (χ2v) is 6.89. The summed E-state index contributed by atoms with van der Waals surface area (Å²) in [6.45, 7) is 2.07. The van der Waals surface area contributed by atoms with Crippen molar-refractivity contribution in [3.8, 4) is 11.3 Å². The summed E-state index contributed by atoms with van der Waals surface area (Å²) in [7, 11) is 4.10. The van der Waals surface area contributed by atoms with E-state index in [1.165, 1.54) is 5.69 Å². The van der Waals surface area contributed by atoms with Gasteiger partial charge in [0.15, 0.2) is 0 Å². The lowest BCUT2D eigenvalue weighted by atomic mass is 10.1. The van der Waals surface area contributed by atoms with Crippen LogP contribution in [0.5, 0.6) is 0 Å². The van der Waals surface area contributed by atoms with Gasteiger partial charge in [0.1, 0.15) is 11.4 Å². The van der Waals surface area contributed by atoms with Crippen molar-refractivity contribution in [1.82, 2.24) is 4.57 Å². The minimum atomic E-state index is 0. The monoisotopic (exact) mass is 382 g/mol. The van der Waals surface area contributed by atoms with Crippen molar-refractivity contribution in [3.05, 3.63) is 65.7 Å². The number of hydrogen-bond donors (Lipinski definition) is 0. The molecule has 6 heteroatoms. The molecule has 0 aliphatic carbocycles. The SMILES string of the molecule is Cc1csc(N=Nc2c(-c3ccccc3)n(C)c3ccccc23)[n+]1C.[Cl-]. The molecule has 0 aliphatic heterocycles. The molecule has 0 spiro atoms. The van der Waals surface area contributed by atoms with Gasteiger partial charge in [0.2, 0.25) is 0 Å². The van der Waals surface area contributed by atoms with Gasteiger partial charge in [-0.1, -0.05) is 48.5 Å². The Morgan fingerprint density at radius 1 is 0.962 bits per heavy atom. The van der Waals surface area contributed by atoms with Crippen LogP contribution in [0.3, 0.4) is 0 Å². The van der Waals surface area contributed by atoms with E-state index < -0.39 is 0 Å². The molecule has 0 saturated heterocycles. The third-order valence-corrected chi connectivity index (χ3v) is 5.54. The molecule has 4 aromatic rings. The molecule has 4 rings (SSSR count). The van der Waals surface area contributed by atoms with Crippen molar-refractivity contribution in [2.45, 2.75) is 6.92 Å². The van der Waals surface area contributed by atoms with Crippen molar-refractivity contribution in [1.29, 1.82) is 0 Å². The number of fused-ring (bicyclic) bond motifs is 1. The number of nitrogens with zero attached hydrogens (tertiary/aromatic N) is 4. The predicted octanol–water partition coefficient (Wildman–Crippen LogP) is 2.46. The van der Waals surface area contributed by atoms with E-state index in [9.17, 15) is 0 Å². The molecule has 0 radical (unpaired) electrons. The number of para-hydroxylation sites is 1. The average molecular weight is 383 g/mol. The highest BCUT2D eigenvalue weighted by Crippen LogP contribution is 2.40. The molecule has 0 saturated carbocycles. The second-order valence-electron chi connectivity index (χ2n) is 6.06.